The van der Waals surface area contributed by atoms with Gasteiger partial charge in [-0.2, -0.15) is 0 Å². The van der Waals surface area contributed by atoms with Crippen LogP contribution >= 0.6 is 0 Å². The lowest BCUT2D eigenvalue weighted by atomic mass is 9.93. The Morgan fingerprint density at radius 1 is 1.12 bits per heavy atom. The normalized spacial score (nSPS) is 18.4. The molecule has 1 fully saturated rings. The van der Waals surface area contributed by atoms with Crippen molar-refractivity contribution in [2.24, 2.45) is 0 Å². The molecule has 1 rings (SSSR count). The molecule has 3 nitrogen and oxygen atoms in total. The van der Waals surface area contributed by atoms with Gasteiger partial charge in [-0.3, -0.25) is 9.59 Å². The van der Waals surface area contributed by atoms with Gasteiger partial charge < -0.3 is 4.74 Å². The Kier molecular flexibility index (Phi) is 4.97. The Hall–Kier alpha value is -0.860. The lowest BCUT2D eigenvalue weighted by Gasteiger charge is -2.28. The van der Waals surface area contributed by atoms with Crippen molar-refractivity contribution in [1.29, 1.82) is 0 Å². The molecular weight excluding hydrogens is 204 g/mol. The van der Waals surface area contributed by atoms with Crippen molar-refractivity contribution in [3.63, 3.8) is 0 Å². The van der Waals surface area contributed by atoms with Crippen LogP contribution in [0.1, 0.15) is 65.2 Å². The second-order valence-electron chi connectivity index (χ2n) is 4.61. The Balaban J connectivity index is 2.51. The highest BCUT2D eigenvalue weighted by atomic mass is 16.6. The number of Topliss-reactive ketones (excluding diaryl/α,β-unsaturated/α-hetero) is 1. The first-order valence-electron chi connectivity index (χ1n) is 6.35. The number of carbonyl (C=O) groups excluding carboxylic acids is 2. The van der Waals surface area contributed by atoms with E-state index in [0.29, 0.717) is 25.7 Å². The Morgan fingerprint density at radius 3 is 2.25 bits per heavy atom. The summed E-state index contributed by atoms with van der Waals surface area (Å²) in [5.41, 5.74) is -0.322. The highest BCUT2D eigenvalue weighted by Gasteiger charge is 2.37. The summed E-state index contributed by atoms with van der Waals surface area (Å²) in [5.74, 6) is 0.129. The van der Waals surface area contributed by atoms with Crippen LogP contribution in [0.25, 0.3) is 0 Å². The average Bonchev–Trinajstić information content (AvgIpc) is 2.74. The fourth-order valence-electron chi connectivity index (χ4n) is 2.28. The van der Waals surface area contributed by atoms with Crippen LogP contribution in [0.2, 0.25) is 0 Å². The van der Waals surface area contributed by atoms with Gasteiger partial charge in [0.25, 0.3) is 0 Å². The molecule has 0 radical (unpaired) electrons. The maximum atomic E-state index is 11.4. The molecule has 0 heterocycles. The first kappa shape index (κ1) is 13.2. The maximum Gasteiger partial charge on any atom is 0.306 e. The van der Waals surface area contributed by atoms with Crippen molar-refractivity contribution in [1.82, 2.24) is 0 Å². The molecule has 0 unspecified atom stereocenters. The predicted octanol–water partition coefficient (Wildman–Crippen LogP) is 3.01. The standard InChI is InChI=1S/C13H22O3/c1-3-11(14)7-10-13(8-5-6-9-13)16-12(15)4-2/h3-10H2,1-2H3. The molecule has 0 aliphatic heterocycles. The zero-order valence-corrected chi connectivity index (χ0v) is 10.4. The van der Waals surface area contributed by atoms with Crippen molar-refractivity contribution in [2.45, 2.75) is 70.8 Å². The molecule has 0 atom stereocenters. The minimum absolute atomic E-state index is 0.133. The summed E-state index contributed by atoms with van der Waals surface area (Å²) in [5, 5.41) is 0. The van der Waals surface area contributed by atoms with Gasteiger partial charge in [0.15, 0.2) is 0 Å². The number of ketones is 1. The SMILES string of the molecule is CCC(=O)CCC1(OC(=O)CC)CCCC1. The van der Waals surface area contributed by atoms with E-state index in [1.54, 1.807) is 0 Å². The maximum absolute atomic E-state index is 11.4. The van der Waals surface area contributed by atoms with Gasteiger partial charge in [0, 0.05) is 19.3 Å². The fraction of sp³-hybridized carbons (Fsp3) is 0.846. The topological polar surface area (TPSA) is 43.4 Å². The van der Waals surface area contributed by atoms with E-state index in [4.69, 9.17) is 4.74 Å². The molecule has 0 bridgehead atoms. The number of hydrogen-bond acceptors (Lipinski definition) is 3. The molecule has 0 aromatic heterocycles. The predicted molar refractivity (Wildman–Crippen MR) is 62.1 cm³/mol. The van der Waals surface area contributed by atoms with Gasteiger partial charge in [0.05, 0.1) is 0 Å². The third-order valence-electron chi connectivity index (χ3n) is 3.39. The number of carbonyl (C=O) groups is 2. The Bertz CT molecular complexity index is 252. The van der Waals surface area contributed by atoms with Gasteiger partial charge in [0.1, 0.15) is 11.4 Å². The van der Waals surface area contributed by atoms with E-state index in [0.717, 1.165) is 25.7 Å². The minimum Gasteiger partial charge on any atom is -0.459 e. The summed E-state index contributed by atoms with van der Waals surface area (Å²) < 4.78 is 5.55. The summed E-state index contributed by atoms with van der Waals surface area (Å²) in [6.45, 7) is 3.68. The average molecular weight is 226 g/mol. The third-order valence-corrected chi connectivity index (χ3v) is 3.39. The molecule has 0 amide bonds. The van der Waals surface area contributed by atoms with E-state index < -0.39 is 0 Å². The van der Waals surface area contributed by atoms with Gasteiger partial charge >= 0.3 is 5.97 Å². The second kappa shape index (κ2) is 6.02. The van der Waals surface area contributed by atoms with Crippen molar-refractivity contribution in [3.8, 4) is 0 Å². The molecule has 0 N–H and O–H groups in total. The Labute approximate surface area is 97.5 Å². The summed E-state index contributed by atoms with van der Waals surface area (Å²) in [6.07, 6.45) is 6.33. The fourth-order valence-corrected chi connectivity index (χ4v) is 2.28. The molecule has 1 saturated carbocycles. The molecule has 92 valence electrons. The van der Waals surface area contributed by atoms with E-state index >= 15 is 0 Å². The smallest absolute Gasteiger partial charge is 0.306 e. The summed E-state index contributed by atoms with van der Waals surface area (Å²) in [4.78, 5) is 22.7. The number of rotatable bonds is 6. The number of ether oxygens (including phenoxy) is 1. The van der Waals surface area contributed by atoms with Crippen LogP contribution in [-0.2, 0) is 14.3 Å². The van der Waals surface area contributed by atoms with Gasteiger partial charge in [-0.15, -0.1) is 0 Å². The molecule has 3 heteroatoms. The molecule has 16 heavy (non-hydrogen) atoms. The Morgan fingerprint density at radius 2 is 1.75 bits per heavy atom. The zero-order chi connectivity index (χ0) is 12.0. The van der Waals surface area contributed by atoms with Crippen LogP contribution in [0.4, 0.5) is 0 Å². The van der Waals surface area contributed by atoms with Crippen molar-refractivity contribution in [2.75, 3.05) is 0 Å². The van der Waals surface area contributed by atoms with Crippen LogP contribution in [0.15, 0.2) is 0 Å². The van der Waals surface area contributed by atoms with Crippen LogP contribution in [0, 0.1) is 0 Å². The highest BCUT2D eigenvalue weighted by molar-refractivity contribution is 5.78. The first-order valence-corrected chi connectivity index (χ1v) is 6.35. The second-order valence-corrected chi connectivity index (χ2v) is 4.61. The largest absolute Gasteiger partial charge is 0.459 e. The van der Waals surface area contributed by atoms with Crippen LogP contribution in [0.3, 0.4) is 0 Å². The van der Waals surface area contributed by atoms with Gasteiger partial charge in [0.2, 0.25) is 0 Å². The van der Waals surface area contributed by atoms with Crippen molar-refractivity contribution in [3.05, 3.63) is 0 Å². The van der Waals surface area contributed by atoms with E-state index in [1.807, 2.05) is 13.8 Å². The molecule has 0 aromatic rings. The van der Waals surface area contributed by atoms with Gasteiger partial charge in [-0.1, -0.05) is 13.8 Å². The zero-order valence-electron chi connectivity index (χ0n) is 10.4. The van der Waals surface area contributed by atoms with Crippen molar-refractivity contribution >= 4 is 11.8 Å². The molecule has 0 spiro atoms. The van der Waals surface area contributed by atoms with Crippen molar-refractivity contribution < 1.29 is 14.3 Å². The van der Waals surface area contributed by atoms with E-state index in [9.17, 15) is 9.59 Å². The first-order chi connectivity index (χ1) is 7.62. The summed E-state index contributed by atoms with van der Waals surface area (Å²) >= 11 is 0. The quantitative estimate of drug-likeness (QED) is 0.654. The minimum atomic E-state index is -0.322. The monoisotopic (exact) mass is 226 g/mol. The van der Waals surface area contributed by atoms with E-state index in [-0.39, 0.29) is 17.4 Å². The summed E-state index contributed by atoms with van der Waals surface area (Å²) in [6, 6.07) is 0. The van der Waals surface area contributed by atoms with Crippen LogP contribution in [-0.4, -0.2) is 17.4 Å². The van der Waals surface area contributed by atoms with E-state index in [1.165, 1.54) is 0 Å². The van der Waals surface area contributed by atoms with E-state index in [2.05, 4.69) is 0 Å². The molecule has 1 aliphatic rings. The molecule has 1 aliphatic carbocycles. The number of esters is 1. The molecular formula is C13H22O3. The van der Waals surface area contributed by atoms with Gasteiger partial charge in [-0.05, 0) is 32.1 Å². The summed E-state index contributed by atoms with van der Waals surface area (Å²) in [7, 11) is 0. The van der Waals surface area contributed by atoms with Gasteiger partial charge in [-0.25, -0.2) is 0 Å². The number of hydrogen-bond donors (Lipinski definition) is 0. The van der Waals surface area contributed by atoms with Crippen LogP contribution < -0.4 is 0 Å². The molecule has 0 saturated heterocycles. The highest BCUT2D eigenvalue weighted by Crippen LogP contribution is 2.37. The van der Waals surface area contributed by atoms with Crippen LogP contribution in [0.5, 0.6) is 0 Å². The third kappa shape index (κ3) is 3.62. The lowest BCUT2D eigenvalue weighted by molar-refractivity contribution is -0.160. The lowest BCUT2D eigenvalue weighted by Crippen LogP contribution is -2.32. The molecule has 0 aromatic carbocycles.